The molecule has 2 aromatic rings. The second-order valence-electron chi connectivity index (χ2n) is 8.55. The van der Waals surface area contributed by atoms with Crippen molar-refractivity contribution in [2.75, 3.05) is 27.2 Å². The van der Waals surface area contributed by atoms with Crippen molar-refractivity contribution < 1.29 is 28.7 Å². The van der Waals surface area contributed by atoms with E-state index < -0.39 is 23.5 Å². The van der Waals surface area contributed by atoms with E-state index in [2.05, 4.69) is 0 Å². The first kappa shape index (κ1) is 23.5. The topological polar surface area (TPSA) is 71.3 Å². The second kappa shape index (κ2) is 9.96. The number of carbonyl (C=O) groups is 2. The van der Waals surface area contributed by atoms with Crippen molar-refractivity contribution >= 4 is 17.4 Å². The van der Waals surface area contributed by atoms with Crippen LogP contribution in [0.4, 0.5) is 4.39 Å². The second-order valence-corrected chi connectivity index (χ2v) is 8.55. The van der Waals surface area contributed by atoms with Crippen LogP contribution in [0.3, 0.4) is 0 Å². The van der Waals surface area contributed by atoms with E-state index >= 15 is 0 Å². The summed E-state index contributed by atoms with van der Waals surface area (Å²) in [5, 5.41) is 11.0. The van der Waals surface area contributed by atoms with Crippen molar-refractivity contribution in [1.82, 2.24) is 4.90 Å². The summed E-state index contributed by atoms with van der Waals surface area (Å²) in [4.78, 5) is 28.6. The maximum absolute atomic E-state index is 13.4. The minimum atomic E-state index is -0.739. The number of halogens is 1. The Hall–Kier alpha value is -3.19. The molecule has 0 spiro atoms. The number of ether oxygens (including phenoxy) is 1. The van der Waals surface area contributed by atoms with E-state index in [9.17, 15) is 19.1 Å². The number of Topliss-reactive ketones (excluding diaryl/α,β-unsaturated/α-hetero) is 1. The van der Waals surface area contributed by atoms with Crippen molar-refractivity contribution in [3.05, 3.63) is 71.0 Å². The van der Waals surface area contributed by atoms with Gasteiger partial charge in [0.05, 0.1) is 38.4 Å². The van der Waals surface area contributed by atoms with Gasteiger partial charge in [-0.3, -0.25) is 9.59 Å². The molecule has 1 saturated heterocycles. The predicted molar refractivity (Wildman–Crippen MR) is 120 cm³/mol. The molecule has 3 rings (SSSR count). The highest BCUT2D eigenvalue weighted by atomic mass is 19.1. The summed E-state index contributed by atoms with van der Waals surface area (Å²) < 4.78 is 19.1. The molecule has 0 aliphatic carbocycles. The molecular weight excluding hydrogens is 411 g/mol. The number of nitrogens with one attached hydrogen (secondary N) is 1. The van der Waals surface area contributed by atoms with Gasteiger partial charge in [0.2, 0.25) is 0 Å². The number of aliphatic hydroxyl groups is 1. The van der Waals surface area contributed by atoms with Crippen LogP contribution in [0.2, 0.25) is 0 Å². The standard InChI is InChI=1S/C25H29FN2O4/c1-16(2)32-20-12-8-17(9-13-20)22-21(23(29)18-6-10-19(26)11-7-18)24(30)25(31)28(22)15-5-14-27(3)4/h6-13,16,22,29H,5,14-15H2,1-4H3/p+1/b23-21-/t22-/m1/s1. The third-order valence-corrected chi connectivity index (χ3v) is 5.30. The van der Waals surface area contributed by atoms with Crippen LogP contribution in [0.25, 0.3) is 5.76 Å². The van der Waals surface area contributed by atoms with Crippen molar-refractivity contribution in [3.8, 4) is 5.75 Å². The summed E-state index contributed by atoms with van der Waals surface area (Å²) in [5.41, 5.74) is 0.990. The van der Waals surface area contributed by atoms with Gasteiger partial charge in [0.15, 0.2) is 0 Å². The molecule has 2 N–H and O–H groups in total. The van der Waals surface area contributed by atoms with E-state index in [0.717, 1.165) is 6.54 Å². The van der Waals surface area contributed by atoms with Gasteiger partial charge in [-0.05, 0) is 55.8 Å². The Balaban J connectivity index is 2.05. The number of amides is 1. The molecule has 170 valence electrons. The third kappa shape index (κ3) is 5.16. The Morgan fingerprint density at radius 3 is 2.28 bits per heavy atom. The van der Waals surface area contributed by atoms with Gasteiger partial charge in [-0.1, -0.05) is 12.1 Å². The number of hydrogen-bond donors (Lipinski definition) is 2. The fourth-order valence-corrected chi connectivity index (χ4v) is 3.82. The van der Waals surface area contributed by atoms with Gasteiger partial charge in [-0.25, -0.2) is 4.39 Å². The molecule has 1 aliphatic rings. The molecule has 0 saturated carbocycles. The Labute approximate surface area is 187 Å². The summed E-state index contributed by atoms with van der Waals surface area (Å²) in [5.74, 6) is -1.47. The van der Waals surface area contributed by atoms with Crippen molar-refractivity contribution in [1.29, 1.82) is 0 Å². The SMILES string of the molecule is CC(C)Oc1ccc([C@@H]2/C(=C(/O)c3ccc(F)cc3)C(=O)C(=O)N2CCC[NH+](C)C)cc1. The van der Waals surface area contributed by atoms with E-state index in [1.165, 1.54) is 34.1 Å². The van der Waals surface area contributed by atoms with Crippen LogP contribution in [0.15, 0.2) is 54.1 Å². The van der Waals surface area contributed by atoms with Gasteiger partial charge < -0.3 is 19.6 Å². The van der Waals surface area contributed by atoms with Gasteiger partial charge >= 0.3 is 0 Å². The third-order valence-electron chi connectivity index (χ3n) is 5.30. The van der Waals surface area contributed by atoms with Gasteiger partial charge in [-0.15, -0.1) is 0 Å². The lowest BCUT2D eigenvalue weighted by atomic mass is 9.95. The molecular formula is C25H30FN2O4+. The number of quaternary nitrogens is 1. The van der Waals surface area contributed by atoms with Gasteiger partial charge in [0.25, 0.3) is 11.7 Å². The van der Waals surface area contributed by atoms with Crippen molar-refractivity contribution in [2.45, 2.75) is 32.4 Å². The zero-order valence-corrected chi connectivity index (χ0v) is 18.9. The van der Waals surface area contributed by atoms with Crippen molar-refractivity contribution in [3.63, 3.8) is 0 Å². The van der Waals surface area contributed by atoms with Gasteiger partial charge in [-0.2, -0.15) is 0 Å². The van der Waals surface area contributed by atoms with Gasteiger partial charge in [0, 0.05) is 18.5 Å². The van der Waals surface area contributed by atoms with E-state index in [1.54, 1.807) is 24.3 Å². The van der Waals surface area contributed by atoms with Crippen LogP contribution in [0, 0.1) is 5.82 Å². The molecule has 1 amide bonds. The lowest BCUT2D eigenvalue weighted by Crippen LogP contribution is -3.05. The van der Waals surface area contributed by atoms with Crippen molar-refractivity contribution in [2.24, 2.45) is 0 Å². The monoisotopic (exact) mass is 441 g/mol. The van der Waals surface area contributed by atoms with Crippen LogP contribution in [-0.4, -0.2) is 55.0 Å². The Kier molecular flexibility index (Phi) is 7.30. The van der Waals surface area contributed by atoms with E-state index in [1.807, 2.05) is 27.9 Å². The summed E-state index contributed by atoms with van der Waals surface area (Å²) >= 11 is 0. The molecule has 1 fully saturated rings. The quantitative estimate of drug-likeness (QED) is 0.375. The molecule has 6 nitrogen and oxygen atoms in total. The fraction of sp³-hybridized carbons (Fsp3) is 0.360. The summed E-state index contributed by atoms with van der Waals surface area (Å²) in [7, 11) is 4.04. The molecule has 0 aromatic heterocycles. The summed E-state index contributed by atoms with van der Waals surface area (Å²) in [6, 6.07) is 11.6. The predicted octanol–water partition coefficient (Wildman–Crippen LogP) is 2.57. The Morgan fingerprint density at radius 2 is 1.72 bits per heavy atom. The van der Waals surface area contributed by atoms with Crippen LogP contribution in [-0.2, 0) is 9.59 Å². The normalized spacial score (nSPS) is 18.1. The maximum Gasteiger partial charge on any atom is 0.295 e. The number of ketones is 1. The van der Waals surface area contributed by atoms with E-state index in [-0.39, 0.29) is 23.0 Å². The maximum atomic E-state index is 13.4. The number of nitrogens with zero attached hydrogens (tertiary/aromatic N) is 1. The first-order valence-electron chi connectivity index (χ1n) is 10.8. The number of likely N-dealkylation sites (tertiary alicyclic amines) is 1. The lowest BCUT2D eigenvalue weighted by Gasteiger charge is -2.25. The van der Waals surface area contributed by atoms with E-state index in [0.29, 0.717) is 24.3 Å². The molecule has 1 aliphatic heterocycles. The Bertz CT molecular complexity index is 998. The number of rotatable bonds is 8. The first-order valence-corrected chi connectivity index (χ1v) is 10.8. The number of benzene rings is 2. The number of aliphatic hydroxyl groups excluding tert-OH is 1. The molecule has 32 heavy (non-hydrogen) atoms. The van der Waals surface area contributed by atoms with Crippen LogP contribution in [0.1, 0.15) is 37.4 Å². The average molecular weight is 442 g/mol. The summed E-state index contributed by atoms with van der Waals surface area (Å²) in [6.45, 7) is 5.07. The highest BCUT2D eigenvalue weighted by molar-refractivity contribution is 6.46. The minimum absolute atomic E-state index is 0.0105. The fourth-order valence-electron chi connectivity index (χ4n) is 3.82. The number of carbonyl (C=O) groups excluding carboxylic acids is 2. The average Bonchev–Trinajstić information content (AvgIpc) is 2.99. The highest BCUT2D eigenvalue weighted by Gasteiger charge is 2.45. The van der Waals surface area contributed by atoms with Crippen LogP contribution >= 0.6 is 0 Å². The van der Waals surface area contributed by atoms with Crippen LogP contribution in [0.5, 0.6) is 5.75 Å². The Morgan fingerprint density at radius 1 is 1.09 bits per heavy atom. The van der Waals surface area contributed by atoms with Crippen LogP contribution < -0.4 is 9.64 Å². The molecule has 0 radical (unpaired) electrons. The molecule has 2 aromatic carbocycles. The highest BCUT2D eigenvalue weighted by Crippen LogP contribution is 2.39. The zero-order chi connectivity index (χ0) is 23.4. The van der Waals surface area contributed by atoms with E-state index in [4.69, 9.17) is 4.74 Å². The molecule has 1 atom stereocenters. The molecule has 0 bridgehead atoms. The summed E-state index contributed by atoms with van der Waals surface area (Å²) in [6.07, 6.45) is 0.718. The minimum Gasteiger partial charge on any atom is -0.507 e. The number of hydrogen-bond acceptors (Lipinski definition) is 4. The first-order chi connectivity index (χ1) is 15.2. The smallest absolute Gasteiger partial charge is 0.295 e. The lowest BCUT2D eigenvalue weighted by molar-refractivity contribution is -0.858. The molecule has 0 unspecified atom stereocenters. The molecule has 7 heteroatoms. The largest absolute Gasteiger partial charge is 0.507 e. The molecule has 1 heterocycles. The van der Waals surface area contributed by atoms with Gasteiger partial charge in [0.1, 0.15) is 17.3 Å². The zero-order valence-electron chi connectivity index (χ0n) is 18.9.